The molecule has 1 fully saturated rings. The van der Waals surface area contributed by atoms with Crippen molar-refractivity contribution in [3.63, 3.8) is 0 Å². The normalized spacial score (nSPS) is 20.7. The van der Waals surface area contributed by atoms with Gasteiger partial charge < -0.3 is 15.2 Å². The van der Waals surface area contributed by atoms with Gasteiger partial charge in [0.05, 0.1) is 11.2 Å². The largest absolute Gasteiger partial charge is 0.347 e. The minimum absolute atomic E-state index is 0.141. The van der Waals surface area contributed by atoms with Crippen LogP contribution in [0.3, 0.4) is 0 Å². The van der Waals surface area contributed by atoms with Crippen molar-refractivity contribution in [1.29, 1.82) is 0 Å². The fraction of sp³-hybridized carbons (Fsp3) is 0.409. The van der Waals surface area contributed by atoms with Crippen molar-refractivity contribution >= 4 is 34.1 Å². The van der Waals surface area contributed by atoms with Gasteiger partial charge in [-0.2, -0.15) is 0 Å². The number of fused-ring (bicyclic) bond motifs is 1. The quantitative estimate of drug-likeness (QED) is 0.656. The number of benzene rings is 1. The Balaban J connectivity index is 1.58. The van der Waals surface area contributed by atoms with Gasteiger partial charge in [-0.1, -0.05) is 39.0 Å². The Bertz CT molecular complexity index is 1020. The Labute approximate surface area is 174 Å². The molecule has 2 aromatic heterocycles. The number of carbonyl (C=O) groups is 2. The number of rotatable bonds is 6. The van der Waals surface area contributed by atoms with Crippen LogP contribution in [0.4, 0.5) is 0 Å². The lowest BCUT2D eigenvalue weighted by Gasteiger charge is -2.32. The predicted molar refractivity (Wildman–Crippen MR) is 115 cm³/mol. The van der Waals surface area contributed by atoms with Crippen molar-refractivity contribution in [2.75, 3.05) is 0 Å². The molecule has 3 heterocycles. The second kappa shape index (κ2) is 7.99. The van der Waals surface area contributed by atoms with E-state index >= 15 is 0 Å². The summed E-state index contributed by atoms with van der Waals surface area (Å²) in [7, 11) is 0. The Morgan fingerprint density at radius 1 is 1.14 bits per heavy atom. The summed E-state index contributed by atoms with van der Waals surface area (Å²) in [4.78, 5) is 29.8. The molecule has 0 spiro atoms. The molecule has 152 valence electrons. The zero-order chi connectivity index (χ0) is 20.5. The van der Waals surface area contributed by atoms with Crippen LogP contribution >= 0.6 is 11.3 Å². The van der Waals surface area contributed by atoms with Crippen LogP contribution in [0.15, 0.2) is 41.4 Å². The first-order valence-corrected chi connectivity index (χ1v) is 10.9. The topological polar surface area (TPSA) is 76.0 Å². The highest BCUT2D eigenvalue weighted by Gasteiger charge is 2.38. The number of hydrogen-bond donors (Lipinski definition) is 2. The van der Waals surface area contributed by atoms with Gasteiger partial charge in [0.2, 0.25) is 11.8 Å². The third-order valence-corrected chi connectivity index (χ3v) is 6.12. The molecule has 4 rings (SSSR count). The van der Waals surface area contributed by atoms with E-state index in [0.29, 0.717) is 12.3 Å². The lowest BCUT2D eigenvalue weighted by Crippen LogP contribution is -2.63. The molecule has 3 atom stereocenters. The summed E-state index contributed by atoms with van der Waals surface area (Å²) >= 11 is 1.48. The molecule has 1 saturated heterocycles. The van der Waals surface area contributed by atoms with Crippen molar-refractivity contribution in [1.82, 2.24) is 20.2 Å². The zero-order valence-corrected chi connectivity index (χ0v) is 17.7. The van der Waals surface area contributed by atoms with Crippen LogP contribution in [0.2, 0.25) is 0 Å². The van der Waals surface area contributed by atoms with Crippen molar-refractivity contribution < 1.29 is 9.59 Å². The highest BCUT2D eigenvalue weighted by atomic mass is 32.1. The van der Waals surface area contributed by atoms with E-state index in [1.807, 2.05) is 24.4 Å². The standard InChI is InChI=1S/C22H26N4O2S/c1-13(2)9-26-10-17(16-6-4-5-7-19(16)26)14(3)20-22(28)24-18(21(27)25-20)8-15-11-29-12-23-15/h4-7,10-14,18,20H,8-9H2,1-3H3,(H,24,28)(H,25,27)/t14-,18-,20-/m1/s1. The van der Waals surface area contributed by atoms with Crippen molar-refractivity contribution in [3.05, 3.63) is 52.6 Å². The van der Waals surface area contributed by atoms with E-state index in [0.717, 1.165) is 28.7 Å². The monoisotopic (exact) mass is 410 g/mol. The Morgan fingerprint density at radius 2 is 1.93 bits per heavy atom. The molecule has 0 aliphatic carbocycles. The summed E-state index contributed by atoms with van der Waals surface area (Å²) in [5, 5.41) is 8.89. The summed E-state index contributed by atoms with van der Waals surface area (Å²) in [6.45, 7) is 7.29. The van der Waals surface area contributed by atoms with E-state index in [1.54, 1.807) is 5.51 Å². The van der Waals surface area contributed by atoms with E-state index in [-0.39, 0.29) is 17.7 Å². The molecule has 2 amide bonds. The molecule has 3 aromatic rings. The number of nitrogens with one attached hydrogen (secondary N) is 2. The van der Waals surface area contributed by atoms with Crippen molar-refractivity contribution in [2.45, 2.75) is 51.7 Å². The third kappa shape index (κ3) is 3.92. The van der Waals surface area contributed by atoms with Crippen molar-refractivity contribution in [3.8, 4) is 0 Å². The van der Waals surface area contributed by atoms with Crippen LogP contribution < -0.4 is 10.6 Å². The van der Waals surface area contributed by atoms with E-state index in [1.165, 1.54) is 11.3 Å². The molecule has 0 radical (unpaired) electrons. The molecule has 0 unspecified atom stereocenters. The van der Waals surface area contributed by atoms with Gasteiger partial charge in [-0.15, -0.1) is 11.3 Å². The minimum atomic E-state index is -0.590. The number of amides is 2. The number of nitrogens with zero attached hydrogens (tertiary/aromatic N) is 2. The highest BCUT2D eigenvalue weighted by Crippen LogP contribution is 2.31. The fourth-order valence-electron chi connectivity index (χ4n) is 4.05. The van der Waals surface area contributed by atoms with Crippen LogP contribution in [0, 0.1) is 5.92 Å². The van der Waals surface area contributed by atoms with E-state index in [4.69, 9.17) is 0 Å². The maximum atomic E-state index is 12.9. The number of hydrogen-bond acceptors (Lipinski definition) is 4. The Hall–Kier alpha value is -2.67. The SMILES string of the molecule is CC(C)Cn1cc([C@@H](C)[C@H]2NC(=O)[C@@H](Cc3cscn3)NC2=O)c2ccccc21. The lowest BCUT2D eigenvalue weighted by molar-refractivity contribution is -0.137. The first-order chi connectivity index (χ1) is 13.9. The number of piperazine rings is 1. The predicted octanol–water partition coefficient (Wildman–Crippen LogP) is 3.08. The fourth-order valence-corrected chi connectivity index (χ4v) is 4.62. The van der Waals surface area contributed by atoms with Crippen LogP contribution in [-0.2, 0) is 22.6 Å². The molecular formula is C22H26N4O2S. The maximum Gasteiger partial charge on any atom is 0.243 e. The minimum Gasteiger partial charge on any atom is -0.347 e. The van der Waals surface area contributed by atoms with Gasteiger partial charge in [-0.3, -0.25) is 9.59 Å². The molecule has 2 N–H and O–H groups in total. The first-order valence-electron chi connectivity index (χ1n) is 9.99. The Morgan fingerprint density at radius 3 is 2.66 bits per heavy atom. The van der Waals surface area contributed by atoms with E-state index in [9.17, 15) is 9.59 Å². The van der Waals surface area contributed by atoms with Gasteiger partial charge >= 0.3 is 0 Å². The molecule has 1 aliphatic rings. The summed E-state index contributed by atoms with van der Waals surface area (Å²) in [6.07, 6.45) is 2.55. The molecule has 1 aliphatic heterocycles. The zero-order valence-electron chi connectivity index (χ0n) is 16.9. The van der Waals surface area contributed by atoms with Crippen LogP contribution in [0.25, 0.3) is 10.9 Å². The molecule has 6 nitrogen and oxygen atoms in total. The molecule has 7 heteroatoms. The average molecular weight is 411 g/mol. The van der Waals surface area contributed by atoms with Gasteiger partial charge in [0.15, 0.2) is 0 Å². The van der Waals surface area contributed by atoms with E-state index in [2.05, 4.69) is 52.4 Å². The number of carbonyl (C=O) groups excluding carboxylic acids is 2. The number of aromatic nitrogens is 2. The summed E-state index contributed by atoms with van der Waals surface area (Å²) < 4.78 is 2.25. The molecule has 1 aromatic carbocycles. The van der Waals surface area contributed by atoms with Gasteiger partial charge in [-0.25, -0.2) is 4.98 Å². The molecule has 0 bridgehead atoms. The van der Waals surface area contributed by atoms with Crippen LogP contribution in [0.1, 0.15) is 37.9 Å². The van der Waals surface area contributed by atoms with E-state index < -0.39 is 12.1 Å². The summed E-state index contributed by atoms with van der Waals surface area (Å²) in [5.41, 5.74) is 4.79. The Kier molecular flexibility index (Phi) is 5.41. The lowest BCUT2D eigenvalue weighted by atomic mass is 9.90. The summed E-state index contributed by atoms with van der Waals surface area (Å²) in [6, 6.07) is 7.08. The molecule has 0 saturated carbocycles. The van der Waals surface area contributed by atoms with Gasteiger partial charge in [0.25, 0.3) is 0 Å². The second-order valence-corrected chi connectivity index (χ2v) is 8.89. The second-order valence-electron chi connectivity index (χ2n) is 8.17. The van der Waals surface area contributed by atoms with Gasteiger partial charge in [-0.05, 0) is 17.5 Å². The smallest absolute Gasteiger partial charge is 0.243 e. The van der Waals surface area contributed by atoms with Crippen molar-refractivity contribution in [2.24, 2.45) is 5.92 Å². The summed E-state index contributed by atoms with van der Waals surface area (Å²) in [5.74, 6) is 0.0778. The average Bonchev–Trinajstić information content (AvgIpc) is 3.32. The number of para-hydroxylation sites is 1. The highest BCUT2D eigenvalue weighted by molar-refractivity contribution is 7.07. The molecule has 29 heavy (non-hydrogen) atoms. The maximum absolute atomic E-state index is 12.9. The van der Waals surface area contributed by atoms with Gasteiger partial charge in [0, 0.05) is 41.4 Å². The van der Waals surface area contributed by atoms with Crippen LogP contribution in [0.5, 0.6) is 0 Å². The molecular weight excluding hydrogens is 384 g/mol. The van der Waals surface area contributed by atoms with Crippen LogP contribution in [-0.4, -0.2) is 33.4 Å². The van der Waals surface area contributed by atoms with Gasteiger partial charge in [0.1, 0.15) is 12.1 Å². The third-order valence-electron chi connectivity index (χ3n) is 5.48. The first kappa shape index (κ1) is 19.6. The number of thiazole rings is 1.